The van der Waals surface area contributed by atoms with E-state index in [9.17, 15) is 26.4 Å². The normalized spacial score (nSPS) is 26.3. The Bertz CT molecular complexity index is 1000. The Morgan fingerprint density at radius 3 is 2.20 bits per heavy atom. The number of rotatable bonds is 5. The lowest BCUT2D eigenvalue weighted by molar-refractivity contribution is -0.128. The van der Waals surface area contributed by atoms with E-state index in [0.717, 1.165) is 5.56 Å². The van der Waals surface area contributed by atoms with Crippen LogP contribution < -0.4 is 0 Å². The molecule has 2 atom stereocenters. The molecule has 0 heterocycles. The molecule has 2 saturated carbocycles. The van der Waals surface area contributed by atoms with Gasteiger partial charge in [-0.3, -0.25) is 9.08 Å². The molecule has 30 heavy (non-hydrogen) atoms. The van der Waals surface area contributed by atoms with Crippen LogP contribution >= 0.6 is 0 Å². The quantitative estimate of drug-likeness (QED) is 0.490. The molecule has 2 aliphatic rings. The molecule has 0 aromatic heterocycles. The average Bonchev–Trinajstić information content (AvgIpc) is 2.89. The molecular weight excluding hydrogens is 419 g/mol. The van der Waals surface area contributed by atoms with Crippen molar-refractivity contribution in [2.75, 3.05) is 5.75 Å². The number of hydrogen-bond acceptors (Lipinski definition) is 5. The molecule has 2 bridgehead atoms. The summed E-state index contributed by atoms with van der Waals surface area (Å²) in [4.78, 5) is 12.6. The zero-order valence-electron chi connectivity index (χ0n) is 17.7. The van der Waals surface area contributed by atoms with Crippen LogP contribution in [0.2, 0.25) is 0 Å². The molecule has 0 spiro atoms. The molecule has 3 rings (SSSR count). The summed E-state index contributed by atoms with van der Waals surface area (Å²) in [5.74, 6) is -0.753. The molecule has 5 nitrogen and oxygen atoms in total. The van der Waals surface area contributed by atoms with Gasteiger partial charge < -0.3 is 0 Å². The maximum Gasteiger partial charge on any atom is 0.437 e. The van der Waals surface area contributed by atoms with E-state index in [-0.39, 0.29) is 17.3 Å². The first-order valence-electron chi connectivity index (χ1n) is 9.79. The van der Waals surface area contributed by atoms with Gasteiger partial charge in [-0.25, -0.2) is 0 Å². The minimum atomic E-state index is -4.92. The Morgan fingerprint density at radius 2 is 1.77 bits per heavy atom. The van der Waals surface area contributed by atoms with Gasteiger partial charge in [0.05, 0.1) is 5.41 Å². The zero-order chi connectivity index (χ0) is 22.7. The maximum absolute atomic E-state index is 13.7. The van der Waals surface area contributed by atoms with Gasteiger partial charge in [0.25, 0.3) is 0 Å². The summed E-state index contributed by atoms with van der Waals surface area (Å²) in [7, 11) is -4.52. The Labute approximate surface area is 174 Å². The van der Waals surface area contributed by atoms with Gasteiger partial charge in [-0.15, -0.1) is 0 Å². The molecule has 9 heteroatoms. The van der Waals surface area contributed by atoms with Crippen molar-refractivity contribution in [1.29, 1.82) is 0 Å². The molecular formula is C21H26F3NO4S. The number of benzene rings is 1. The second-order valence-electron chi connectivity index (χ2n) is 9.15. The second kappa shape index (κ2) is 7.07. The number of aryl methyl sites for hydroxylation is 3. The van der Waals surface area contributed by atoms with Crippen molar-refractivity contribution in [3.8, 4) is 0 Å². The smallest absolute Gasteiger partial charge is 0.299 e. The number of fused-ring (bicyclic) bond motifs is 2. The van der Waals surface area contributed by atoms with Crippen molar-refractivity contribution in [2.45, 2.75) is 60.1 Å². The van der Waals surface area contributed by atoms with Crippen LogP contribution in [0.15, 0.2) is 17.3 Å². The summed E-state index contributed by atoms with van der Waals surface area (Å²) in [5.41, 5.74) is -1.90. The third kappa shape index (κ3) is 3.65. The van der Waals surface area contributed by atoms with Crippen molar-refractivity contribution in [3.63, 3.8) is 0 Å². The predicted molar refractivity (Wildman–Crippen MR) is 107 cm³/mol. The van der Waals surface area contributed by atoms with E-state index in [1.807, 2.05) is 13.8 Å². The van der Waals surface area contributed by atoms with E-state index >= 15 is 0 Å². The number of hydrogen-bond donors (Lipinski definition) is 0. The lowest BCUT2D eigenvalue weighted by Crippen LogP contribution is -2.42. The van der Waals surface area contributed by atoms with E-state index in [1.165, 1.54) is 13.8 Å². The highest BCUT2D eigenvalue weighted by atomic mass is 32.2. The highest BCUT2D eigenvalue weighted by Crippen LogP contribution is 2.64. The summed E-state index contributed by atoms with van der Waals surface area (Å²) in [5, 5.41) is 3.07. The van der Waals surface area contributed by atoms with Crippen LogP contribution in [0, 0.1) is 37.5 Å². The summed E-state index contributed by atoms with van der Waals surface area (Å²) in [6.45, 7) is 8.44. The number of oxime groups is 1. The number of halogens is 3. The first kappa shape index (κ1) is 22.8. The van der Waals surface area contributed by atoms with Crippen LogP contribution in [-0.4, -0.2) is 31.8 Å². The number of carbonyl (C=O) groups excluding carboxylic acids is 1. The van der Waals surface area contributed by atoms with Crippen LogP contribution in [0.4, 0.5) is 13.2 Å². The second-order valence-corrected chi connectivity index (χ2v) is 10.7. The molecule has 0 saturated heterocycles. The van der Waals surface area contributed by atoms with Crippen molar-refractivity contribution >= 4 is 21.6 Å². The van der Waals surface area contributed by atoms with Crippen LogP contribution in [-0.2, 0) is 19.2 Å². The van der Waals surface area contributed by atoms with Crippen molar-refractivity contribution in [2.24, 2.45) is 21.9 Å². The van der Waals surface area contributed by atoms with Crippen LogP contribution in [0.25, 0.3) is 0 Å². The van der Waals surface area contributed by atoms with Crippen molar-refractivity contribution < 1.29 is 30.7 Å². The highest BCUT2D eigenvalue weighted by molar-refractivity contribution is 7.86. The fraction of sp³-hybridized carbons (Fsp3) is 0.619. The minimum absolute atomic E-state index is 0.0762. The van der Waals surface area contributed by atoms with E-state index in [4.69, 9.17) is 0 Å². The molecule has 166 valence electrons. The molecule has 2 fully saturated rings. The maximum atomic E-state index is 13.7. The van der Waals surface area contributed by atoms with Gasteiger partial charge in [-0.1, -0.05) is 36.7 Å². The molecule has 0 amide bonds. The fourth-order valence-electron chi connectivity index (χ4n) is 5.32. The summed E-state index contributed by atoms with van der Waals surface area (Å²) in [6, 6.07) is 3.13. The zero-order valence-corrected chi connectivity index (χ0v) is 18.5. The summed E-state index contributed by atoms with van der Waals surface area (Å²) < 4.78 is 71.0. The molecule has 1 aromatic carbocycles. The van der Waals surface area contributed by atoms with E-state index in [2.05, 4.69) is 9.44 Å². The van der Waals surface area contributed by atoms with Gasteiger partial charge in [-0.05, 0) is 56.1 Å². The van der Waals surface area contributed by atoms with Crippen molar-refractivity contribution in [3.05, 3.63) is 34.4 Å². The predicted octanol–water partition coefficient (Wildman–Crippen LogP) is 4.62. The molecule has 0 radical (unpaired) electrons. The average molecular weight is 446 g/mol. The molecule has 2 unspecified atom stereocenters. The summed E-state index contributed by atoms with van der Waals surface area (Å²) in [6.07, 6.45) is -3.52. The number of ketones is 1. The Hall–Kier alpha value is -1.90. The number of carbonyl (C=O) groups is 1. The largest absolute Gasteiger partial charge is 0.437 e. The highest BCUT2D eigenvalue weighted by Gasteiger charge is 2.65. The Balaban J connectivity index is 1.96. The van der Waals surface area contributed by atoms with Crippen molar-refractivity contribution in [1.82, 2.24) is 0 Å². The van der Waals surface area contributed by atoms with E-state index < -0.39 is 38.6 Å². The van der Waals surface area contributed by atoms with Crippen LogP contribution in [0.3, 0.4) is 0 Å². The first-order chi connectivity index (χ1) is 13.6. The Kier molecular flexibility index (Phi) is 5.37. The van der Waals surface area contributed by atoms with E-state index in [1.54, 1.807) is 19.1 Å². The van der Waals surface area contributed by atoms with Gasteiger partial charge in [0.2, 0.25) is 0 Å². The van der Waals surface area contributed by atoms with Crippen LogP contribution in [0.5, 0.6) is 0 Å². The summed E-state index contributed by atoms with van der Waals surface area (Å²) >= 11 is 0. The van der Waals surface area contributed by atoms with Crippen LogP contribution in [0.1, 0.15) is 55.4 Å². The lowest BCUT2D eigenvalue weighted by atomic mass is 9.70. The third-order valence-electron chi connectivity index (χ3n) is 6.99. The lowest BCUT2D eigenvalue weighted by Gasteiger charge is -2.35. The minimum Gasteiger partial charge on any atom is -0.299 e. The van der Waals surface area contributed by atoms with Gasteiger partial charge in [0.1, 0.15) is 11.5 Å². The molecule has 1 aromatic rings. The van der Waals surface area contributed by atoms with E-state index in [0.29, 0.717) is 30.4 Å². The SMILES string of the molecule is Cc1cc(C)c(C(=NOS(=O)(=O)CC23CCC(CC2=O)C3(C)C)C(F)(F)F)c(C)c1. The third-order valence-corrected chi connectivity index (χ3v) is 8.13. The van der Waals surface area contributed by atoms with Gasteiger partial charge in [0.15, 0.2) is 5.71 Å². The number of Topliss-reactive ketones (excluding diaryl/α,β-unsaturated/α-hetero) is 1. The standard InChI is InChI=1S/C21H26F3NO4S/c1-12-8-13(2)17(14(3)9-12)18(21(22,23)24)25-29-30(27,28)11-20-7-6-15(10-16(20)26)19(20,4)5/h8-9,15H,6-7,10-11H2,1-5H3. The Morgan fingerprint density at radius 1 is 1.20 bits per heavy atom. The van der Waals surface area contributed by atoms with Gasteiger partial charge >= 0.3 is 16.3 Å². The monoisotopic (exact) mass is 445 g/mol. The van der Waals surface area contributed by atoms with Gasteiger partial charge in [0, 0.05) is 12.0 Å². The molecule has 2 aliphatic carbocycles. The molecule has 0 aliphatic heterocycles. The topological polar surface area (TPSA) is 72.8 Å². The molecule has 0 N–H and O–H groups in total. The number of alkyl halides is 3. The first-order valence-corrected chi connectivity index (χ1v) is 11.4. The van der Waals surface area contributed by atoms with Gasteiger partial charge in [-0.2, -0.15) is 21.6 Å². The number of nitrogens with zero attached hydrogens (tertiary/aromatic N) is 1. The fourth-order valence-corrected chi connectivity index (χ4v) is 6.84.